The van der Waals surface area contributed by atoms with E-state index in [2.05, 4.69) is 74.6 Å². The van der Waals surface area contributed by atoms with E-state index in [4.69, 9.17) is 0 Å². The number of benzene rings is 2. The van der Waals surface area contributed by atoms with Gasteiger partial charge in [-0.3, -0.25) is 0 Å². The highest BCUT2D eigenvalue weighted by Gasteiger charge is 2.25. The largest absolute Gasteiger partial charge is 0.393 e. The van der Waals surface area contributed by atoms with Crippen LogP contribution in [0.5, 0.6) is 0 Å². The van der Waals surface area contributed by atoms with E-state index in [1.54, 1.807) is 6.33 Å². The first-order valence-corrected chi connectivity index (χ1v) is 9.50. The maximum absolute atomic E-state index is 9.86. The quantitative estimate of drug-likeness (QED) is 0.571. The van der Waals surface area contributed by atoms with Crippen LogP contribution < -0.4 is 5.32 Å². The number of fused-ring (bicyclic) bond motifs is 2. The molecule has 0 saturated heterocycles. The van der Waals surface area contributed by atoms with Gasteiger partial charge < -0.3 is 15.0 Å². The Kier molecular flexibility index (Phi) is 4.02. The van der Waals surface area contributed by atoms with Crippen LogP contribution in [-0.2, 0) is 6.54 Å². The minimum Gasteiger partial charge on any atom is -0.393 e. The van der Waals surface area contributed by atoms with Crippen LogP contribution in [0.4, 0.5) is 5.82 Å². The first-order valence-electron chi connectivity index (χ1n) is 9.50. The molecule has 0 radical (unpaired) electrons. The zero-order valence-corrected chi connectivity index (χ0v) is 15.0. The molecule has 2 unspecified atom stereocenters. The summed E-state index contributed by atoms with van der Waals surface area (Å²) in [5.41, 5.74) is 2.18. The molecule has 2 heterocycles. The van der Waals surface area contributed by atoms with Gasteiger partial charge in [0.2, 0.25) is 0 Å². The fourth-order valence-electron chi connectivity index (χ4n) is 4.22. The zero-order valence-electron chi connectivity index (χ0n) is 15.0. The van der Waals surface area contributed by atoms with Gasteiger partial charge in [0, 0.05) is 18.8 Å². The lowest BCUT2D eigenvalue weighted by Crippen LogP contribution is -2.07. The Bertz CT molecular complexity index is 1100. The van der Waals surface area contributed by atoms with Crippen molar-refractivity contribution in [2.75, 3.05) is 5.32 Å². The number of rotatable bonds is 4. The third kappa shape index (κ3) is 2.94. The summed E-state index contributed by atoms with van der Waals surface area (Å²) in [6.07, 6.45) is 6.15. The number of anilines is 1. The summed E-state index contributed by atoms with van der Waals surface area (Å²) >= 11 is 0. The van der Waals surface area contributed by atoms with Crippen LogP contribution in [0.2, 0.25) is 0 Å². The van der Waals surface area contributed by atoms with Gasteiger partial charge in [0.1, 0.15) is 17.8 Å². The Balaban J connectivity index is 1.44. The summed E-state index contributed by atoms with van der Waals surface area (Å²) < 4.78 is 2.19. The summed E-state index contributed by atoms with van der Waals surface area (Å²) in [6, 6.07) is 17.2. The van der Waals surface area contributed by atoms with Gasteiger partial charge in [-0.15, -0.1) is 0 Å². The fourth-order valence-corrected chi connectivity index (χ4v) is 4.22. The van der Waals surface area contributed by atoms with Gasteiger partial charge in [-0.05, 0) is 41.7 Å². The third-order valence-corrected chi connectivity index (χ3v) is 5.61. The van der Waals surface area contributed by atoms with Crippen LogP contribution >= 0.6 is 0 Å². The molecule has 1 saturated carbocycles. The number of aliphatic hydroxyl groups excluding tert-OH is 1. The number of nitrogens with one attached hydrogen (secondary N) is 1. The van der Waals surface area contributed by atoms with Crippen molar-refractivity contribution >= 4 is 27.6 Å². The van der Waals surface area contributed by atoms with Gasteiger partial charge in [-0.25, -0.2) is 9.97 Å². The Hall–Kier alpha value is -2.92. The maximum Gasteiger partial charge on any atom is 0.145 e. The van der Waals surface area contributed by atoms with Crippen molar-refractivity contribution in [1.82, 2.24) is 14.5 Å². The molecule has 1 aliphatic rings. The first kappa shape index (κ1) is 16.3. The molecule has 2 aromatic heterocycles. The first-order chi connectivity index (χ1) is 13.3. The van der Waals surface area contributed by atoms with Crippen LogP contribution in [0.15, 0.2) is 61.1 Å². The van der Waals surface area contributed by atoms with E-state index in [0.29, 0.717) is 12.6 Å². The van der Waals surface area contributed by atoms with Crippen molar-refractivity contribution in [2.24, 2.45) is 0 Å². The van der Waals surface area contributed by atoms with Crippen LogP contribution in [0.25, 0.3) is 21.8 Å². The molecule has 136 valence electrons. The Morgan fingerprint density at radius 2 is 1.89 bits per heavy atom. The Labute approximate surface area is 157 Å². The van der Waals surface area contributed by atoms with Crippen molar-refractivity contribution in [3.05, 3.63) is 66.6 Å². The van der Waals surface area contributed by atoms with Crippen LogP contribution in [-0.4, -0.2) is 25.7 Å². The summed E-state index contributed by atoms with van der Waals surface area (Å²) in [5, 5.41) is 16.9. The van der Waals surface area contributed by atoms with Gasteiger partial charge in [0.15, 0.2) is 0 Å². The minimum absolute atomic E-state index is 0.196. The van der Waals surface area contributed by atoms with E-state index in [0.717, 1.165) is 36.1 Å². The Morgan fingerprint density at radius 3 is 2.78 bits per heavy atom. The molecule has 4 aromatic rings. The fraction of sp³-hybridized carbons (Fsp3) is 0.273. The molecular weight excluding hydrogens is 336 g/mol. The van der Waals surface area contributed by atoms with Gasteiger partial charge in [-0.2, -0.15) is 0 Å². The minimum atomic E-state index is -0.196. The molecule has 2 aromatic carbocycles. The molecule has 2 N–H and O–H groups in total. The molecule has 27 heavy (non-hydrogen) atoms. The molecule has 0 aliphatic heterocycles. The second-order valence-corrected chi connectivity index (χ2v) is 7.30. The highest BCUT2D eigenvalue weighted by atomic mass is 16.3. The van der Waals surface area contributed by atoms with Crippen LogP contribution in [0.1, 0.15) is 30.9 Å². The van der Waals surface area contributed by atoms with Gasteiger partial charge in [0.05, 0.1) is 11.5 Å². The topological polar surface area (TPSA) is 63.0 Å². The van der Waals surface area contributed by atoms with Crippen molar-refractivity contribution < 1.29 is 5.11 Å². The third-order valence-electron chi connectivity index (χ3n) is 5.61. The second-order valence-electron chi connectivity index (χ2n) is 7.30. The molecule has 5 rings (SSSR count). The second kappa shape index (κ2) is 6.67. The van der Waals surface area contributed by atoms with Crippen molar-refractivity contribution in [2.45, 2.75) is 38.0 Å². The number of hydrogen-bond acceptors (Lipinski definition) is 4. The Morgan fingerprint density at radius 1 is 1.00 bits per heavy atom. The standard InChI is InChI=1S/C22H22N4O/c27-18-9-8-17(12-18)26-11-10-20-21(24-14-25-22(20)26)23-13-16-6-3-5-15-4-1-2-7-19(15)16/h1-7,10-11,14,17-18,27H,8-9,12-13H2,(H,23,24,25). The van der Waals surface area contributed by atoms with Gasteiger partial charge in [0.25, 0.3) is 0 Å². The lowest BCUT2D eigenvalue weighted by molar-refractivity contribution is 0.178. The van der Waals surface area contributed by atoms with Crippen LogP contribution in [0, 0.1) is 0 Å². The molecule has 0 amide bonds. The van der Waals surface area contributed by atoms with E-state index in [1.807, 2.05) is 0 Å². The average Bonchev–Trinajstić information content (AvgIpc) is 3.32. The highest BCUT2D eigenvalue weighted by Crippen LogP contribution is 2.33. The number of aromatic nitrogens is 3. The molecule has 2 atom stereocenters. The molecule has 5 nitrogen and oxygen atoms in total. The van der Waals surface area contributed by atoms with E-state index in [-0.39, 0.29) is 6.10 Å². The van der Waals surface area contributed by atoms with E-state index < -0.39 is 0 Å². The van der Waals surface area contributed by atoms with Crippen molar-refractivity contribution in [3.63, 3.8) is 0 Å². The smallest absolute Gasteiger partial charge is 0.145 e. The van der Waals surface area contributed by atoms with Gasteiger partial charge >= 0.3 is 0 Å². The van der Waals surface area contributed by atoms with E-state index in [9.17, 15) is 5.11 Å². The predicted octanol–water partition coefficient (Wildman–Crippen LogP) is 4.28. The summed E-state index contributed by atoms with van der Waals surface area (Å²) in [5.74, 6) is 0.852. The van der Waals surface area contributed by atoms with Crippen molar-refractivity contribution in [3.8, 4) is 0 Å². The van der Waals surface area contributed by atoms with Gasteiger partial charge in [-0.1, -0.05) is 42.5 Å². The monoisotopic (exact) mass is 358 g/mol. The maximum atomic E-state index is 9.86. The molecule has 0 spiro atoms. The summed E-state index contributed by atoms with van der Waals surface area (Å²) in [7, 11) is 0. The SMILES string of the molecule is OC1CCC(n2ccc3c(NCc4cccc5ccccc45)ncnc32)C1. The number of nitrogens with zero attached hydrogens (tertiary/aromatic N) is 3. The molecule has 1 aliphatic carbocycles. The molecule has 0 bridgehead atoms. The normalized spacial score (nSPS) is 19.7. The zero-order chi connectivity index (χ0) is 18.2. The van der Waals surface area contributed by atoms with Crippen LogP contribution in [0.3, 0.4) is 0 Å². The lowest BCUT2D eigenvalue weighted by Gasteiger charge is -2.13. The number of aliphatic hydroxyl groups is 1. The lowest BCUT2D eigenvalue weighted by atomic mass is 10.0. The summed E-state index contributed by atoms with van der Waals surface area (Å²) in [6.45, 7) is 0.709. The van der Waals surface area contributed by atoms with Crippen molar-refractivity contribution in [1.29, 1.82) is 0 Å². The number of hydrogen-bond donors (Lipinski definition) is 2. The molecule has 5 heteroatoms. The molecule has 1 fully saturated rings. The van der Waals surface area contributed by atoms with E-state index >= 15 is 0 Å². The predicted molar refractivity (Wildman–Crippen MR) is 108 cm³/mol. The summed E-state index contributed by atoms with van der Waals surface area (Å²) in [4.78, 5) is 8.98. The average molecular weight is 358 g/mol. The molecular formula is C22H22N4O. The highest BCUT2D eigenvalue weighted by molar-refractivity contribution is 5.88. The van der Waals surface area contributed by atoms with E-state index in [1.165, 1.54) is 16.3 Å².